The molecule has 0 bridgehead atoms. The van der Waals surface area contributed by atoms with E-state index in [9.17, 15) is 4.79 Å². The second-order valence-corrected chi connectivity index (χ2v) is 3.08. The molecular weight excluding hydrogens is 128 g/mol. The highest BCUT2D eigenvalue weighted by molar-refractivity contribution is 5.84. The van der Waals surface area contributed by atoms with Crippen LogP contribution in [0, 0.1) is 0 Å². The maximum Gasteiger partial charge on any atom is 0.238 e. The van der Waals surface area contributed by atoms with E-state index in [1.807, 2.05) is 6.92 Å². The highest BCUT2D eigenvalue weighted by Gasteiger charge is 2.39. The number of amides is 1. The van der Waals surface area contributed by atoms with Crippen LogP contribution in [-0.2, 0) is 4.79 Å². The van der Waals surface area contributed by atoms with Crippen molar-refractivity contribution in [3.05, 3.63) is 0 Å². The first-order chi connectivity index (χ1) is 4.79. The second kappa shape index (κ2) is 1.95. The number of nitrogens with one attached hydrogen (secondary N) is 1. The summed E-state index contributed by atoms with van der Waals surface area (Å²) in [6.45, 7) is 3.13. The van der Waals surface area contributed by atoms with Gasteiger partial charge in [-0.1, -0.05) is 0 Å². The highest BCUT2D eigenvalue weighted by atomic mass is 16.2. The van der Waals surface area contributed by atoms with Crippen molar-refractivity contribution in [1.29, 1.82) is 0 Å². The lowest BCUT2D eigenvalue weighted by atomic mass is 10.2. The van der Waals surface area contributed by atoms with Gasteiger partial charge in [0.2, 0.25) is 5.91 Å². The van der Waals surface area contributed by atoms with Crippen molar-refractivity contribution in [3.63, 3.8) is 0 Å². The van der Waals surface area contributed by atoms with Crippen molar-refractivity contribution in [2.45, 2.75) is 32.0 Å². The first kappa shape index (κ1) is 6.16. The summed E-state index contributed by atoms with van der Waals surface area (Å²) in [5.41, 5.74) is 0. The van der Waals surface area contributed by atoms with Crippen LogP contribution in [0.4, 0.5) is 0 Å². The van der Waals surface area contributed by atoms with E-state index in [4.69, 9.17) is 0 Å². The van der Waals surface area contributed by atoms with E-state index in [0.717, 1.165) is 13.0 Å². The Labute approximate surface area is 60.4 Å². The summed E-state index contributed by atoms with van der Waals surface area (Å²) in [4.78, 5) is 13.4. The van der Waals surface area contributed by atoms with Crippen LogP contribution in [-0.4, -0.2) is 29.6 Å². The van der Waals surface area contributed by atoms with Gasteiger partial charge in [-0.05, 0) is 19.8 Å². The fourth-order valence-corrected chi connectivity index (χ4v) is 1.92. The molecule has 2 atom stereocenters. The first-order valence-electron chi connectivity index (χ1n) is 3.85. The topological polar surface area (TPSA) is 32.3 Å². The van der Waals surface area contributed by atoms with Crippen LogP contribution >= 0.6 is 0 Å². The van der Waals surface area contributed by atoms with Crippen LogP contribution in [0.3, 0.4) is 0 Å². The predicted octanol–water partition coefficient (Wildman–Crippen LogP) is -0.0734. The first-order valence-corrected chi connectivity index (χ1v) is 3.85. The van der Waals surface area contributed by atoms with Crippen LogP contribution in [0.25, 0.3) is 0 Å². The summed E-state index contributed by atoms with van der Waals surface area (Å²) in [6, 6.07) is 0.204. The molecule has 0 spiro atoms. The average molecular weight is 140 g/mol. The minimum atomic E-state index is 0.204. The quantitative estimate of drug-likeness (QED) is 0.510. The third-order valence-electron chi connectivity index (χ3n) is 2.45. The molecule has 2 saturated heterocycles. The molecule has 0 aliphatic carbocycles. The van der Waals surface area contributed by atoms with Crippen molar-refractivity contribution in [2.24, 2.45) is 0 Å². The van der Waals surface area contributed by atoms with E-state index in [1.54, 1.807) is 0 Å². The maximum absolute atomic E-state index is 11.1. The summed E-state index contributed by atoms with van der Waals surface area (Å²) in [7, 11) is 0. The van der Waals surface area contributed by atoms with E-state index in [0.29, 0.717) is 0 Å². The minimum absolute atomic E-state index is 0.204. The Morgan fingerprint density at radius 1 is 1.70 bits per heavy atom. The van der Waals surface area contributed by atoms with Gasteiger partial charge in [0, 0.05) is 6.54 Å². The van der Waals surface area contributed by atoms with Crippen molar-refractivity contribution in [2.75, 3.05) is 6.54 Å². The van der Waals surface area contributed by atoms with Gasteiger partial charge in [-0.15, -0.1) is 0 Å². The van der Waals surface area contributed by atoms with Gasteiger partial charge in [0.15, 0.2) is 0 Å². The monoisotopic (exact) mass is 140 g/mol. The third kappa shape index (κ3) is 0.669. The van der Waals surface area contributed by atoms with Crippen LogP contribution in [0.1, 0.15) is 19.8 Å². The van der Waals surface area contributed by atoms with Crippen LogP contribution in [0.15, 0.2) is 0 Å². The lowest BCUT2D eigenvalue weighted by Crippen LogP contribution is -2.32. The summed E-state index contributed by atoms with van der Waals surface area (Å²) >= 11 is 0. The van der Waals surface area contributed by atoms with Crippen LogP contribution < -0.4 is 5.32 Å². The van der Waals surface area contributed by atoms with E-state index in [1.165, 1.54) is 6.42 Å². The Balaban J connectivity index is 2.19. The molecule has 2 heterocycles. The number of carbonyl (C=O) groups excluding carboxylic acids is 1. The molecule has 1 N–H and O–H groups in total. The summed E-state index contributed by atoms with van der Waals surface area (Å²) < 4.78 is 0. The molecular formula is C7H12N2O. The fraction of sp³-hybridized carbons (Fsp3) is 0.857. The predicted molar refractivity (Wildman–Crippen MR) is 37.3 cm³/mol. The van der Waals surface area contributed by atoms with Gasteiger partial charge in [0.1, 0.15) is 0 Å². The SMILES string of the molecule is CC1NC(=O)[C@@H]2CCCN12. The van der Waals surface area contributed by atoms with E-state index >= 15 is 0 Å². The van der Waals surface area contributed by atoms with E-state index in [2.05, 4.69) is 10.2 Å². The number of nitrogens with zero attached hydrogens (tertiary/aromatic N) is 1. The second-order valence-electron chi connectivity index (χ2n) is 3.08. The third-order valence-corrected chi connectivity index (χ3v) is 2.45. The molecule has 2 aliphatic heterocycles. The molecule has 2 aliphatic rings. The standard InChI is InChI=1S/C7H12N2O/c1-5-8-7(10)6-3-2-4-9(5)6/h5-6H,2-4H2,1H3,(H,8,10)/t5?,6-/m0/s1. The number of hydrogen-bond acceptors (Lipinski definition) is 2. The molecule has 1 amide bonds. The molecule has 0 aromatic heterocycles. The zero-order chi connectivity index (χ0) is 7.14. The Bertz CT molecular complexity index is 169. The zero-order valence-corrected chi connectivity index (χ0v) is 6.13. The number of rotatable bonds is 0. The molecule has 0 radical (unpaired) electrons. The molecule has 1 unspecified atom stereocenters. The molecule has 10 heavy (non-hydrogen) atoms. The van der Waals surface area contributed by atoms with Crippen molar-refractivity contribution in [1.82, 2.24) is 10.2 Å². The van der Waals surface area contributed by atoms with Gasteiger partial charge in [-0.25, -0.2) is 0 Å². The Morgan fingerprint density at radius 3 is 3.20 bits per heavy atom. The van der Waals surface area contributed by atoms with E-state index < -0.39 is 0 Å². The highest BCUT2D eigenvalue weighted by Crippen LogP contribution is 2.23. The fourth-order valence-electron chi connectivity index (χ4n) is 1.92. The largest absolute Gasteiger partial charge is 0.339 e. The maximum atomic E-state index is 11.1. The lowest BCUT2D eigenvalue weighted by Gasteiger charge is -2.16. The summed E-state index contributed by atoms with van der Waals surface area (Å²) in [6.07, 6.45) is 2.51. The number of carbonyl (C=O) groups is 1. The van der Waals surface area contributed by atoms with Gasteiger partial charge >= 0.3 is 0 Å². The van der Waals surface area contributed by atoms with Crippen LogP contribution in [0.5, 0.6) is 0 Å². The summed E-state index contributed by atoms with van der Waals surface area (Å²) in [5.74, 6) is 0.227. The molecule has 3 nitrogen and oxygen atoms in total. The number of fused-ring (bicyclic) bond motifs is 1. The average Bonchev–Trinajstić information content (AvgIpc) is 2.39. The van der Waals surface area contributed by atoms with Crippen molar-refractivity contribution in [3.8, 4) is 0 Å². The molecule has 0 aromatic carbocycles. The zero-order valence-electron chi connectivity index (χ0n) is 6.13. The Morgan fingerprint density at radius 2 is 2.50 bits per heavy atom. The number of hydrogen-bond donors (Lipinski definition) is 1. The summed E-state index contributed by atoms with van der Waals surface area (Å²) in [5, 5.41) is 2.91. The molecule has 0 aromatic rings. The van der Waals surface area contributed by atoms with Gasteiger partial charge < -0.3 is 5.32 Å². The molecule has 56 valence electrons. The normalized spacial score (nSPS) is 39.9. The van der Waals surface area contributed by atoms with Crippen molar-refractivity contribution >= 4 is 5.91 Å². The van der Waals surface area contributed by atoms with E-state index in [-0.39, 0.29) is 18.1 Å². The molecule has 3 heteroatoms. The smallest absolute Gasteiger partial charge is 0.238 e. The minimum Gasteiger partial charge on any atom is -0.339 e. The van der Waals surface area contributed by atoms with Gasteiger partial charge in [0.05, 0.1) is 12.2 Å². The van der Waals surface area contributed by atoms with Crippen molar-refractivity contribution < 1.29 is 4.79 Å². The molecule has 2 fully saturated rings. The molecule has 2 rings (SSSR count). The van der Waals surface area contributed by atoms with Gasteiger partial charge in [0.25, 0.3) is 0 Å². The Hall–Kier alpha value is -0.570. The van der Waals surface area contributed by atoms with Crippen LogP contribution in [0.2, 0.25) is 0 Å². The van der Waals surface area contributed by atoms with Gasteiger partial charge in [-0.2, -0.15) is 0 Å². The Kier molecular flexibility index (Phi) is 1.20. The lowest BCUT2D eigenvalue weighted by molar-refractivity contribution is -0.121. The molecule has 0 saturated carbocycles. The van der Waals surface area contributed by atoms with Gasteiger partial charge in [-0.3, -0.25) is 9.69 Å².